The topological polar surface area (TPSA) is 29.9 Å². The SMILES string of the molecule is CNCCc1nc2cc(F)ccc2n1Cc1ccccc1C. The molecule has 0 aliphatic rings. The third-order valence-corrected chi connectivity index (χ3v) is 3.98. The Morgan fingerprint density at radius 3 is 2.77 bits per heavy atom. The molecule has 114 valence electrons. The number of hydrogen-bond donors (Lipinski definition) is 1. The summed E-state index contributed by atoms with van der Waals surface area (Å²) in [6.07, 6.45) is 0.818. The lowest BCUT2D eigenvalue weighted by Gasteiger charge is -2.11. The lowest BCUT2D eigenvalue weighted by Crippen LogP contribution is -2.14. The lowest BCUT2D eigenvalue weighted by molar-refractivity contribution is 0.629. The summed E-state index contributed by atoms with van der Waals surface area (Å²) in [4.78, 5) is 4.62. The molecule has 3 nitrogen and oxygen atoms in total. The number of imidazole rings is 1. The predicted molar refractivity (Wildman–Crippen MR) is 87.6 cm³/mol. The summed E-state index contributed by atoms with van der Waals surface area (Å²) >= 11 is 0. The van der Waals surface area contributed by atoms with Crippen molar-refractivity contribution in [3.05, 3.63) is 65.2 Å². The van der Waals surface area contributed by atoms with Gasteiger partial charge in [-0.2, -0.15) is 0 Å². The van der Waals surface area contributed by atoms with E-state index in [4.69, 9.17) is 0 Å². The van der Waals surface area contributed by atoms with Gasteiger partial charge >= 0.3 is 0 Å². The van der Waals surface area contributed by atoms with Crippen LogP contribution in [0.1, 0.15) is 17.0 Å². The van der Waals surface area contributed by atoms with E-state index >= 15 is 0 Å². The van der Waals surface area contributed by atoms with E-state index in [0.717, 1.165) is 36.4 Å². The molecule has 0 radical (unpaired) electrons. The molecule has 3 aromatic rings. The Labute approximate surface area is 129 Å². The molecule has 0 bridgehead atoms. The van der Waals surface area contributed by atoms with Crippen molar-refractivity contribution >= 4 is 11.0 Å². The zero-order chi connectivity index (χ0) is 15.5. The normalized spacial score (nSPS) is 11.2. The molecule has 3 rings (SSSR count). The van der Waals surface area contributed by atoms with Gasteiger partial charge in [0.25, 0.3) is 0 Å². The number of nitrogens with zero attached hydrogens (tertiary/aromatic N) is 2. The molecule has 2 aromatic carbocycles. The zero-order valence-corrected chi connectivity index (χ0v) is 12.9. The van der Waals surface area contributed by atoms with Crippen molar-refractivity contribution < 1.29 is 4.39 Å². The molecule has 22 heavy (non-hydrogen) atoms. The summed E-state index contributed by atoms with van der Waals surface area (Å²) in [7, 11) is 1.92. The fourth-order valence-electron chi connectivity index (χ4n) is 2.71. The first-order valence-corrected chi connectivity index (χ1v) is 7.53. The number of nitrogens with one attached hydrogen (secondary N) is 1. The lowest BCUT2D eigenvalue weighted by atomic mass is 10.1. The van der Waals surface area contributed by atoms with Crippen LogP contribution in [-0.4, -0.2) is 23.1 Å². The molecule has 0 unspecified atom stereocenters. The van der Waals surface area contributed by atoms with Crippen LogP contribution in [0, 0.1) is 12.7 Å². The van der Waals surface area contributed by atoms with Crippen molar-refractivity contribution in [3.8, 4) is 0 Å². The fourth-order valence-corrected chi connectivity index (χ4v) is 2.71. The molecule has 1 heterocycles. The van der Waals surface area contributed by atoms with Gasteiger partial charge in [0.15, 0.2) is 0 Å². The van der Waals surface area contributed by atoms with E-state index in [1.807, 2.05) is 25.2 Å². The van der Waals surface area contributed by atoms with Crippen LogP contribution < -0.4 is 5.32 Å². The van der Waals surface area contributed by atoms with E-state index in [1.54, 1.807) is 0 Å². The third kappa shape index (κ3) is 2.88. The second-order valence-electron chi connectivity index (χ2n) is 5.53. The van der Waals surface area contributed by atoms with Crippen LogP contribution in [0.25, 0.3) is 11.0 Å². The van der Waals surface area contributed by atoms with Crippen molar-refractivity contribution in [1.82, 2.24) is 14.9 Å². The van der Waals surface area contributed by atoms with E-state index in [9.17, 15) is 4.39 Å². The van der Waals surface area contributed by atoms with Crippen LogP contribution in [0.5, 0.6) is 0 Å². The van der Waals surface area contributed by atoms with Crippen molar-refractivity contribution in [3.63, 3.8) is 0 Å². The van der Waals surface area contributed by atoms with Gasteiger partial charge in [0.05, 0.1) is 11.0 Å². The van der Waals surface area contributed by atoms with Gasteiger partial charge in [-0.05, 0) is 37.2 Å². The number of aromatic nitrogens is 2. The predicted octanol–water partition coefficient (Wildman–Crippen LogP) is 3.29. The maximum Gasteiger partial charge on any atom is 0.125 e. The molecule has 4 heteroatoms. The Kier molecular flexibility index (Phi) is 4.20. The van der Waals surface area contributed by atoms with Crippen LogP contribution in [0.2, 0.25) is 0 Å². The number of likely N-dealkylation sites (N-methyl/N-ethyl adjacent to an activating group) is 1. The van der Waals surface area contributed by atoms with Gasteiger partial charge in [-0.25, -0.2) is 9.37 Å². The molecule has 0 amide bonds. The Hall–Kier alpha value is -2.20. The van der Waals surface area contributed by atoms with Crippen molar-refractivity contribution in [2.45, 2.75) is 19.9 Å². The Balaban J connectivity index is 2.07. The molecule has 0 aliphatic heterocycles. The summed E-state index contributed by atoms with van der Waals surface area (Å²) in [6, 6.07) is 13.2. The number of aryl methyl sites for hydroxylation is 1. The smallest absolute Gasteiger partial charge is 0.125 e. The standard InChI is InChI=1S/C18H20FN3/c1-13-5-3-4-6-14(13)12-22-17-8-7-15(19)11-16(17)21-18(22)9-10-20-2/h3-8,11,20H,9-10,12H2,1-2H3. The molecule has 1 aromatic heterocycles. The highest BCUT2D eigenvalue weighted by Crippen LogP contribution is 2.20. The van der Waals surface area contributed by atoms with Gasteiger partial charge in [-0.3, -0.25) is 0 Å². The van der Waals surface area contributed by atoms with E-state index in [2.05, 4.69) is 33.9 Å². The van der Waals surface area contributed by atoms with Crippen molar-refractivity contribution in [1.29, 1.82) is 0 Å². The summed E-state index contributed by atoms with van der Waals surface area (Å²) < 4.78 is 15.6. The Morgan fingerprint density at radius 1 is 1.18 bits per heavy atom. The number of hydrogen-bond acceptors (Lipinski definition) is 2. The average Bonchev–Trinajstić information content (AvgIpc) is 2.84. The molecule has 0 atom stereocenters. The number of fused-ring (bicyclic) bond motifs is 1. The Bertz CT molecular complexity index is 792. The van der Waals surface area contributed by atoms with Gasteiger partial charge in [0.2, 0.25) is 0 Å². The maximum absolute atomic E-state index is 13.5. The first-order valence-electron chi connectivity index (χ1n) is 7.53. The quantitative estimate of drug-likeness (QED) is 0.783. The van der Waals surface area contributed by atoms with E-state index in [1.165, 1.54) is 23.3 Å². The second kappa shape index (κ2) is 6.28. The summed E-state index contributed by atoms with van der Waals surface area (Å²) in [5.41, 5.74) is 4.22. The van der Waals surface area contributed by atoms with E-state index in [-0.39, 0.29) is 5.82 Å². The second-order valence-corrected chi connectivity index (χ2v) is 5.53. The third-order valence-electron chi connectivity index (χ3n) is 3.98. The van der Waals surface area contributed by atoms with Crippen LogP contribution >= 0.6 is 0 Å². The minimum atomic E-state index is -0.242. The van der Waals surface area contributed by atoms with E-state index < -0.39 is 0 Å². The maximum atomic E-state index is 13.5. The van der Waals surface area contributed by atoms with Gasteiger partial charge in [-0.15, -0.1) is 0 Å². The highest BCUT2D eigenvalue weighted by Gasteiger charge is 2.12. The van der Waals surface area contributed by atoms with Crippen LogP contribution in [-0.2, 0) is 13.0 Å². The number of rotatable bonds is 5. The minimum absolute atomic E-state index is 0.242. The molecule has 0 aliphatic carbocycles. The highest BCUT2D eigenvalue weighted by atomic mass is 19.1. The van der Waals surface area contributed by atoms with Crippen LogP contribution in [0.15, 0.2) is 42.5 Å². The van der Waals surface area contributed by atoms with Crippen LogP contribution in [0.4, 0.5) is 4.39 Å². The van der Waals surface area contributed by atoms with Gasteiger partial charge < -0.3 is 9.88 Å². The summed E-state index contributed by atoms with van der Waals surface area (Å²) in [6.45, 7) is 3.72. The number of benzene rings is 2. The number of halogens is 1. The summed E-state index contributed by atoms with van der Waals surface area (Å²) in [5, 5.41) is 3.15. The van der Waals surface area contributed by atoms with Gasteiger partial charge in [0, 0.05) is 25.6 Å². The molecule has 1 N–H and O–H groups in total. The Morgan fingerprint density at radius 2 is 2.00 bits per heavy atom. The van der Waals surface area contributed by atoms with Gasteiger partial charge in [0.1, 0.15) is 11.6 Å². The largest absolute Gasteiger partial charge is 0.323 e. The molecule has 0 spiro atoms. The monoisotopic (exact) mass is 297 g/mol. The fraction of sp³-hybridized carbons (Fsp3) is 0.278. The van der Waals surface area contributed by atoms with Crippen molar-refractivity contribution in [2.24, 2.45) is 0 Å². The molecular weight excluding hydrogens is 277 g/mol. The molecule has 0 saturated carbocycles. The minimum Gasteiger partial charge on any atom is -0.323 e. The summed E-state index contributed by atoms with van der Waals surface area (Å²) in [5.74, 6) is 0.742. The zero-order valence-electron chi connectivity index (χ0n) is 12.9. The van der Waals surface area contributed by atoms with Crippen LogP contribution in [0.3, 0.4) is 0 Å². The first-order chi connectivity index (χ1) is 10.7. The highest BCUT2D eigenvalue weighted by molar-refractivity contribution is 5.76. The molecule has 0 saturated heterocycles. The average molecular weight is 297 g/mol. The van der Waals surface area contributed by atoms with Crippen molar-refractivity contribution in [2.75, 3.05) is 13.6 Å². The van der Waals surface area contributed by atoms with E-state index in [0.29, 0.717) is 0 Å². The molecular formula is C18H20FN3. The molecule has 0 fully saturated rings. The first kappa shape index (κ1) is 14.7. The van der Waals surface area contributed by atoms with Gasteiger partial charge in [-0.1, -0.05) is 24.3 Å².